The molecule has 0 aliphatic carbocycles. The van der Waals surface area contributed by atoms with Crippen LogP contribution in [-0.4, -0.2) is 57.1 Å². The molecule has 0 aliphatic rings. The maximum atomic E-state index is 13.4. The van der Waals surface area contributed by atoms with Crippen molar-refractivity contribution < 1.29 is 22.7 Å². The number of carbonyl (C=O) groups is 2. The molecule has 8 nitrogen and oxygen atoms in total. The Bertz CT molecular complexity index is 1060. The van der Waals surface area contributed by atoms with E-state index in [4.69, 9.17) is 4.74 Å². The maximum absolute atomic E-state index is 13.4. The molecule has 0 spiro atoms. The molecule has 10 heteroatoms. The van der Waals surface area contributed by atoms with Crippen LogP contribution in [0.1, 0.15) is 26.3 Å². The van der Waals surface area contributed by atoms with Crippen molar-refractivity contribution in [3.05, 3.63) is 58.6 Å². The fourth-order valence-corrected chi connectivity index (χ4v) is 4.25. The van der Waals surface area contributed by atoms with Crippen molar-refractivity contribution in [2.24, 2.45) is 0 Å². The molecule has 1 N–H and O–H groups in total. The SMILES string of the molecule is COc1ccc(CN(C(=O)CN(c2ccc(Br)cc2)S(C)(=O)=O)C(C)C(=O)NC(C)C)cc1. The van der Waals surface area contributed by atoms with Crippen molar-refractivity contribution in [2.75, 3.05) is 24.2 Å². The van der Waals surface area contributed by atoms with Gasteiger partial charge in [0.1, 0.15) is 18.3 Å². The molecule has 0 saturated carbocycles. The van der Waals surface area contributed by atoms with Crippen molar-refractivity contribution in [1.29, 1.82) is 0 Å². The minimum absolute atomic E-state index is 0.104. The van der Waals surface area contributed by atoms with Gasteiger partial charge in [-0.3, -0.25) is 13.9 Å². The van der Waals surface area contributed by atoms with Crippen LogP contribution in [-0.2, 0) is 26.2 Å². The van der Waals surface area contributed by atoms with E-state index in [0.717, 1.165) is 20.6 Å². The van der Waals surface area contributed by atoms with E-state index in [1.165, 1.54) is 4.90 Å². The van der Waals surface area contributed by atoms with Crippen LogP contribution < -0.4 is 14.4 Å². The fraction of sp³-hybridized carbons (Fsp3) is 0.391. The normalized spacial score (nSPS) is 12.2. The van der Waals surface area contributed by atoms with Crippen molar-refractivity contribution in [2.45, 2.75) is 39.4 Å². The molecule has 0 saturated heterocycles. The quantitative estimate of drug-likeness (QED) is 0.500. The number of carbonyl (C=O) groups excluding carboxylic acids is 2. The topological polar surface area (TPSA) is 96.0 Å². The van der Waals surface area contributed by atoms with Crippen LogP contribution >= 0.6 is 15.9 Å². The van der Waals surface area contributed by atoms with Gasteiger partial charge in [-0.25, -0.2) is 8.42 Å². The molecule has 0 heterocycles. The third kappa shape index (κ3) is 7.75. The molecule has 1 atom stereocenters. The van der Waals surface area contributed by atoms with Crippen LogP contribution in [0.3, 0.4) is 0 Å². The first-order valence-electron chi connectivity index (χ1n) is 10.4. The molecule has 1 unspecified atom stereocenters. The highest BCUT2D eigenvalue weighted by Gasteiger charge is 2.30. The van der Waals surface area contributed by atoms with Gasteiger partial charge in [0, 0.05) is 17.1 Å². The summed E-state index contributed by atoms with van der Waals surface area (Å²) in [6.07, 6.45) is 1.05. The third-order valence-corrected chi connectivity index (χ3v) is 6.57. The highest BCUT2D eigenvalue weighted by Crippen LogP contribution is 2.22. The van der Waals surface area contributed by atoms with Gasteiger partial charge in [-0.2, -0.15) is 0 Å². The zero-order chi connectivity index (χ0) is 24.8. The Labute approximate surface area is 204 Å². The standard InChI is InChI=1S/C23H30BrN3O5S/c1-16(2)25-23(29)17(3)26(14-18-6-12-21(32-4)13-7-18)22(28)15-27(33(5,30)31)20-10-8-19(24)9-11-20/h6-13,16-17H,14-15H2,1-5H3,(H,25,29). The summed E-state index contributed by atoms with van der Waals surface area (Å²) in [7, 11) is -2.19. The summed E-state index contributed by atoms with van der Waals surface area (Å²) < 4.78 is 32.0. The Morgan fingerprint density at radius 1 is 1.03 bits per heavy atom. The largest absolute Gasteiger partial charge is 0.497 e. The van der Waals surface area contributed by atoms with Crippen LogP contribution in [0.4, 0.5) is 5.69 Å². The van der Waals surface area contributed by atoms with Crippen LogP contribution in [0.2, 0.25) is 0 Å². The number of ether oxygens (including phenoxy) is 1. The summed E-state index contributed by atoms with van der Waals surface area (Å²) >= 11 is 3.32. The second-order valence-electron chi connectivity index (χ2n) is 7.96. The number of rotatable bonds is 10. The molecule has 33 heavy (non-hydrogen) atoms. The van der Waals surface area contributed by atoms with Crippen LogP contribution in [0.5, 0.6) is 5.75 Å². The average molecular weight is 540 g/mol. The van der Waals surface area contributed by atoms with Gasteiger partial charge in [0.05, 0.1) is 19.1 Å². The first-order chi connectivity index (χ1) is 15.4. The number of benzene rings is 2. The molecule has 2 aromatic rings. The highest BCUT2D eigenvalue weighted by molar-refractivity contribution is 9.10. The Hall–Kier alpha value is -2.59. The monoisotopic (exact) mass is 539 g/mol. The van der Waals surface area contributed by atoms with Crippen LogP contribution in [0.25, 0.3) is 0 Å². The summed E-state index contributed by atoms with van der Waals surface area (Å²) in [6.45, 7) is 4.99. The van der Waals surface area contributed by atoms with E-state index >= 15 is 0 Å². The number of halogens is 1. The molecular weight excluding hydrogens is 510 g/mol. The predicted molar refractivity (Wildman–Crippen MR) is 133 cm³/mol. The van der Waals surface area contributed by atoms with Gasteiger partial charge < -0.3 is 15.0 Å². The lowest BCUT2D eigenvalue weighted by atomic mass is 10.1. The minimum Gasteiger partial charge on any atom is -0.497 e. The van der Waals surface area contributed by atoms with E-state index in [2.05, 4.69) is 21.2 Å². The van der Waals surface area contributed by atoms with Gasteiger partial charge in [-0.15, -0.1) is 0 Å². The van der Waals surface area contributed by atoms with E-state index < -0.39 is 28.5 Å². The number of anilines is 1. The molecule has 0 bridgehead atoms. The predicted octanol–water partition coefficient (Wildman–Crippen LogP) is 3.17. The van der Waals surface area contributed by atoms with Gasteiger partial charge in [0.25, 0.3) is 0 Å². The summed E-state index contributed by atoms with van der Waals surface area (Å²) in [5.74, 6) is -0.146. The number of hydrogen-bond donors (Lipinski definition) is 1. The van der Waals surface area contributed by atoms with E-state index in [9.17, 15) is 18.0 Å². The third-order valence-electron chi connectivity index (χ3n) is 4.90. The second kappa shape index (κ2) is 11.5. The van der Waals surface area contributed by atoms with Gasteiger partial charge in [0.15, 0.2) is 0 Å². The number of amides is 2. The summed E-state index contributed by atoms with van der Waals surface area (Å²) in [6, 6.07) is 12.8. The van der Waals surface area contributed by atoms with E-state index in [1.807, 2.05) is 13.8 Å². The first-order valence-corrected chi connectivity index (χ1v) is 13.0. The van der Waals surface area contributed by atoms with E-state index in [1.54, 1.807) is 62.6 Å². The smallest absolute Gasteiger partial charge is 0.244 e. The maximum Gasteiger partial charge on any atom is 0.244 e. The van der Waals surface area contributed by atoms with Gasteiger partial charge >= 0.3 is 0 Å². The van der Waals surface area contributed by atoms with E-state index in [0.29, 0.717) is 11.4 Å². The minimum atomic E-state index is -3.75. The summed E-state index contributed by atoms with van der Waals surface area (Å²) in [5.41, 5.74) is 1.14. The molecule has 0 aliphatic heterocycles. The Morgan fingerprint density at radius 3 is 2.09 bits per heavy atom. The van der Waals surface area contributed by atoms with Crippen molar-refractivity contribution in [3.63, 3.8) is 0 Å². The Balaban J connectivity index is 2.36. The molecule has 2 rings (SSSR count). The number of sulfonamides is 1. The number of nitrogens with zero attached hydrogens (tertiary/aromatic N) is 2. The van der Waals surface area contributed by atoms with Gasteiger partial charge in [-0.1, -0.05) is 28.1 Å². The first kappa shape index (κ1) is 26.7. The lowest BCUT2D eigenvalue weighted by Gasteiger charge is -2.32. The zero-order valence-corrected chi connectivity index (χ0v) is 21.8. The van der Waals surface area contributed by atoms with Crippen LogP contribution in [0.15, 0.2) is 53.0 Å². The molecule has 2 amide bonds. The number of hydrogen-bond acceptors (Lipinski definition) is 5. The number of nitrogens with one attached hydrogen (secondary N) is 1. The second-order valence-corrected chi connectivity index (χ2v) is 10.8. The Morgan fingerprint density at radius 2 is 1.61 bits per heavy atom. The van der Waals surface area contributed by atoms with E-state index in [-0.39, 0.29) is 18.5 Å². The van der Waals surface area contributed by atoms with Crippen molar-refractivity contribution in [3.8, 4) is 5.75 Å². The fourth-order valence-electron chi connectivity index (χ4n) is 3.14. The van der Waals surface area contributed by atoms with Gasteiger partial charge in [0.2, 0.25) is 21.8 Å². The van der Waals surface area contributed by atoms with Crippen LogP contribution in [0, 0.1) is 0 Å². The lowest BCUT2D eigenvalue weighted by Crippen LogP contribution is -2.52. The average Bonchev–Trinajstić information content (AvgIpc) is 2.75. The zero-order valence-electron chi connectivity index (χ0n) is 19.4. The summed E-state index contributed by atoms with van der Waals surface area (Å²) in [4.78, 5) is 27.5. The molecule has 2 aromatic carbocycles. The van der Waals surface area contributed by atoms with Gasteiger partial charge in [-0.05, 0) is 62.7 Å². The van der Waals surface area contributed by atoms with Crippen molar-refractivity contribution in [1.82, 2.24) is 10.2 Å². The number of methoxy groups -OCH3 is 1. The highest BCUT2D eigenvalue weighted by atomic mass is 79.9. The molecular formula is C23H30BrN3O5S. The Kier molecular flexibility index (Phi) is 9.30. The molecule has 0 radical (unpaired) electrons. The molecule has 180 valence electrons. The summed E-state index contributed by atoms with van der Waals surface area (Å²) in [5, 5.41) is 2.81. The van der Waals surface area contributed by atoms with Crippen molar-refractivity contribution >= 4 is 43.5 Å². The molecule has 0 aromatic heterocycles. The lowest BCUT2D eigenvalue weighted by molar-refractivity contribution is -0.139. The molecule has 0 fully saturated rings.